The SMILES string of the molecule is O=C(NCCc1ccccc1)/C(=C/C=C/c1ccccc1)NC(=O)c1ccccc1. The molecule has 0 radical (unpaired) electrons. The Morgan fingerprint density at radius 1 is 0.767 bits per heavy atom. The van der Waals surface area contributed by atoms with E-state index in [-0.39, 0.29) is 17.5 Å². The molecule has 4 nitrogen and oxygen atoms in total. The summed E-state index contributed by atoms with van der Waals surface area (Å²) >= 11 is 0. The van der Waals surface area contributed by atoms with Crippen LogP contribution in [0.3, 0.4) is 0 Å². The minimum absolute atomic E-state index is 0.198. The van der Waals surface area contributed by atoms with Gasteiger partial charge in [0.2, 0.25) is 0 Å². The molecule has 0 saturated carbocycles. The Hall–Kier alpha value is -3.92. The maximum absolute atomic E-state index is 12.7. The molecular weight excluding hydrogens is 372 g/mol. The second-order valence-electron chi connectivity index (χ2n) is 6.66. The number of nitrogens with one attached hydrogen (secondary N) is 2. The van der Waals surface area contributed by atoms with Crippen LogP contribution in [0.2, 0.25) is 0 Å². The van der Waals surface area contributed by atoms with Crippen LogP contribution in [0, 0.1) is 0 Å². The second-order valence-corrected chi connectivity index (χ2v) is 6.66. The summed E-state index contributed by atoms with van der Waals surface area (Å²) in [5, 5.41) is 5.61. The highest BCUT2D eigenvalue weighted by atomic mass is 16.2. The average Bonchev–Trinajstić information content (AvgIpc) is 2.80. The fourth-order valence-corrected chi connectivity index (χ4v) is 2.84. The van der Waals surface area contributed by atoms with Gasteiger partial charge in [-0.05, 0) is 35.8 Å². The third-order valence-corrected chi connectivity index (χ3v) is 4.42. The predicted molar refractivity (Wildman–Crippen MR) is 121 cm³/mol. The largest absolute Gasteiger partial charge is 0.350 e. The number of rotatable bonds is 8. The first kappa shape index (κ1) is 20.8. The van der Waals surface area contributed by atoms with Gasteiger partial charge < -0.3 is 10.6 Å². The minimum atomic E-state index is -0.326. The third-order valence-electron chi connectivity index (χ3n) is 4.42. The average molecular weight is 396 g/mol. The summed E-state index contributed by atoms with van der Waals surface area (Å²) in [7, 11) is 0. The van der Waals surface area contributed by atoms with Gasteiger partial charge in [0.05, 0.1) is 0 Å². The van der Waals surface area contributed by atoms with Crippen molar-refractivity contribution < 1.29 is 9.59 Å². The lowest BCUT2D eigenvalue weighted by Crippen LogP contribution is -2.35. The van der Waals surface area contributed by atoms with Crippen LogP contribution in [-0.4, -0.2) is 18.4 Å². The molecule has 2 N–H and O–H groups in total. The van der Waals surface area contributed by atoms with Crippen molar-refractivity contribution in [2.24, 2.45) is 0 Å². The quantitative estimate of drug-likeness (QED) is 0.439. The number of carbonyl (C=O) groups is 2. The number of hydrogen-bond donors (Lipinski definition) is 2. The van der Waals surface area contributed by atoms with Gasteiger partial charge in [0.15, 0.2) is 0 Å². The monoisotopic (exact) mass is 396 g/mol. The highest BCUT2D eigenvalue weighted by molar-refractivity contribution is 6.03. The summed E-state index contributed by atoms with van der Waals surface area (Å²) in [6, 6.07) is 28.5. The Morgan fingerprint density at radius 2 is 1.37 bits per heavy atom. The zero-order valence-electron chi connectivity index (χ0n) is 16.6. The van der Waals surface area contributed by atoms with Gasteiger partial charge >= 0.3 is 0 Å². The Labute approximate surface area is 177 Å². The van der Waals surface area contributed by atoms with E-state index in [0.717, 1.165) is 11.1 Å². The van der Waals surface area contributed by atoms with Gasteiger partial charge in [-0.15, -0.1) is 0 Å². The van der Waals surface area contributed by atoms with Crippen LogP contribution in [0.1, 0.15) is 21.5 Å². The number of carbonyl (C=O) groups excluding carboxylic acids is 2. The molecule has 0 fully saturated rings. The molecule has 30 heavy (non-hydrogen) atoms. The molecule has 0 bridgehead atoms. The lowest BCUT2D eigenvalue weighted by atomic mass is 10.1. The predicted octanol–water partition coefficient (Wildman–Crippen LogP) is 4.37. The molecule has 0 aliphatic heterocycles. The van der Waals surface area contributed by atoms with E-state index < -0.39 is 0 Å². The summed E-state index contributed by atoms with van der Waals surface area (Å²) in [6.45, 7) is 0.476. The molecule has 2 amide bonds. The first-order chi connectivity index (χ1) is 14.7. The van der Waals surface area contributed by atoms with Crippen molar-refractivity contribution in [1.29, 1.82) is 0 Å². The van der Waals surface area contributed by atoms with E-state index >= 15 is 0 Å². The van der Waals surface area contributed by atoms with Crippen molar-refractivity contribution >= 4 is 17.9 Å². The van der Waals surface area contributed by atoms with Crippen molar-refractivity contribution in [2.45, 2.75) is 6.42 Å². The summed E-state index contributed by atoms with van der Waals surface area (Å²) in [5.41, 5.74) is 2.84. The van der Waals surface area contributed by atoms with Gasteiger partial charge in [0, 0.05) is 12.1 Å². The Kier molecular flexibility index (Phi) is 7.75. The van der Waals surface area contributed by atoms with Gasteiger partial charge in [-0.1, -0.05) is 91.0 Å². The smallest absolute Gasteiger partial charge is 0.267 e. The number of allylic oxidation sites excluding steroid dienone is 2. The molecule has 0 aliphatic carbocycles. The fourth-order valence-electron chi connectivity index (χ4n) is 2.84. The molecule has 0 unspecified atom stereocenters. The molecule has 0 aliphatic rings. The van der Waals surface area contributed by atoms with E-state index in [0.29, 0.717) is 18.5 Å². The fraction of sp³-hybridized carbons (Fsp3) is 0.0769. The second kappa shape index (κ2) is 11.2. The maximum atomic E-state index is 12.7. The van der Waals surface area contributed by atoms with Crippen molar-refractivity contribution in [3.05, 3.63) is 126 Å². The van der Waals surface area contributed by atoms with Crippen molar-refractivity contribution in [2.75, 3.05) is 6.54 Å². The highest BCUT2D eigenvalue weighted by Gasteiger charge is 2.13. The Bertz CT molecular complexity index is 1010. The molecule has 0 aromatic heterocycles. The minimum Gasteiger partial charge on any atom is -0.350 e. The van der Waals surface area contributed by atoms with Crippen LogP contribution in [0.5, 0.6) is 0 Å². The summed E-state index contributed by atoms with van der Waals surface area (Å²) < 4.78 is 0. The molecule has 0 spiro atoms. The van der Waals surface area contributed by atoms with Crippen LogP contribution in [-0.2, 0) is 11.2 Å². The van der Waals surface area contributed by atoms with E-state index in [9.17, 15) is 9.59 Å². The normalized spacial score (nSPS) is 11.3. The van der Waals surface area contributed by atoms with Crippen LogP contribution in [0.15, 0.2) is 109 Å². The van der Waals surface area contributed by atoms with Crippen molar-refractivity contribution in [3.8, 4) is 0 Å². The lowest BCUT2D eigenvalue weighted by Gasteiger charge is -2.10. The maximum Gasteiger partial charge on any atom is 0.267 e. The van der Waals surface area contributed by atoms with E-state index in [1.807, 2.05) is 72.8 Å². The number of hydrogen-bond acceptors (Lipinski definition) is 2. The topological polar surface area (TPSA) is 58.2 Å². The molecule has 3 aromatic rings. The zero-order chi connectivity index (χ0) is 21.0. The van der Waals surface area contributed by atoms with Crippen LogP contribution < -0.4 is 10.6 Å². The Balaban J connectivity index is 1.68. The molecule has 4 heteroatoms. The third kappa shape index (κ3) is 6.60. The van der Waals surface area contributed by atoms with Crippen molar-refractivity contribution in [1.82, 2.24) is 10.6 Å². The zero-order valence-corrected chi connectivity index (χ0v) is 16.6. The first-order valence-corrected chi connectivity index (χ1v) is 9.84. The van der Waals surface area contributed by atoms with E-state index in [2.05, 4.69) is 10.6 Å². The number of benzene rings is 3. The highest BCUT2D eigenvalue weighted by Crippen LogP contribution is 2.04. The molecular formula is C26H24N2O2. The van der Waals surface area contributed by atoms with E-state index in [1.54, 1.807) is 36.4 Å². The van der Waals surface area contributed by atoms with Gasteiger partial charge in [0.25, 0.3) is 11.8 Å². The van der Waals surface area contributed by atoms with Gasteiger partial charge in [-0.25, -0.2) is 0 Å². The van der Waals surface area contributed by atoms with Gasteiger partial charge in [-0.3, -0.25) is 9.59 Å². The summed E-state index contributed by atoms with van der Waals surface area (Å²) in [6.07, 6.45) is 5.97. The van der Waals surface area contributed by atoms with Crippen LogP contribution in [0.4, 0.5) is 0 Å². The first-order valence-electron chi connectivity index (χ1n) is 9.84. The van der Waals surface area contributed by atoms with E-state index in [1.165, 1.54) is 0 Å². The number of amides is 2. The molecule has 3 rings (SSSR count). The van der Waals surface area contributed by atoms with E-state index in [4.69, 9.17) is 0 Å². The summed E-state index contributed by atoms with van der Waals surface area (Å²) in [5.74, 6) is -0.652. The van der Waals surface area contributed by atoms with Gasteiger partial charge in [-0.2, -0.15) is 0 Å². The molecule has 3 aromatic carbocycles. The molecule has 0 heterocycles. The lowest BCUT2D eigenvalue weighted by molar-refractivity contribution is -0.117. The molecule has 150 valence electrons. The summed E-state index contributed by atoms with van der Waals surface area (Å²) in [4.78, 5) is 25.2. The Morgan fingerprint density at radius 3 is 2.03 bits per heavy atom. The standard InChI is InChI=1S/C26H24N2O2/c29-25(23-16-8-3-9-17-23)28-24(18-10-15-21-11-4-1-5-12-21)26(30)27-20-19-22-13-6-2-7-14-22/h1-18H,19-20H2,(H,27,30)(H,28,29)/b15-10+,24-18-. The van der Waals surface area contributed by atoms with Crippen molar-refractivity contribution in [3.63, 3.8) is 0 Å². The van der Waals surface area contributed by atoms with Crippen LogP contribution in [0.25, 0.3) is 6.08 Å². The molecule has 0 saturated heterocycles. The van der Waals surface area contributed by atoms with Crippen LogP contribution >= 0.6 is 0 Å². The molecule has 0 atom stereocenters. The van der Waals surface area contributed by atoms with Gasteiger partial charge in [0.1, 0.15) is 5.70 Å².